The highest BCUT2D eigenvalue weighted by atomic mass is 16.2. The van der Waals surface area contributed by atoms with Crippen molar-refractivity contribution in [2.45, 2.75) is 168 Å². The Balaban J connectivity index is 1.09. The van der Waals surface area contributed by atoms with E-state index in [1.165, 1.54) is 27.0 Å². The van der Waals surface area contributed by atoms with Crippen LogP contribution in [0.25, 0.3) is 0 Å². The van der Waals surface area contributed by atoms with Gasteiger partial charge in [-0.05, 0) is 156 Å². The van der Waals surface area contributed by atoms with Crippen LogP contribution in [-0.2, 0) is 54.5 Å². The Morgan fingerprint density at radius 1 is 0.526 bits per heavy atom. The third-order valence-corrected chi connectivity index (χ3v) is 15.6. The number of hydrogen-bond acceptors (Lipinski definition) is 10. The minimum absolute atomic E-state index is 0.0214. The largest absolute Gasteiger partial charge is 0.347 e. The zero-order chi connectivity index (χ0) is 55.2. The van der Waals surface area contributed by atoms with E-state index in [2.05, 4.69) is 54.7 Å². The summed E-state index contributed by atoms with van der Waals surface area (Å²) in [5, 5.41) is 23.9. The Bertz CT molecular complexity index is 2520. The van der Waals surface area contributed by atoms with Crippen LogP contribution in [0.2, 0.25) is 0 Å². The Hall–Kier alpha value is -6.66. The number of carbonyl (C=O) groups excluding carboxylic acids is 8. The van der Waals surface area contributed by atoms with Crippen LogP contribution in [0.5, 0.6) is 0 Å². The second kappa shape index (κ2) is 24.1. The van der Waals surface area contributed by atoms with Crippen LogP contribution in [0.15, 0.2) is 60.7 Å². The molecule has 18 nitrogen and oxygen atoms in total. The fourth-order valence-electron chi connectivity index (χ4n) is 10.9. The van der Waals surface area contributed by atoms with Crippen LogP contribution in [0.4, 0.5) is 11.4 Å². The van der Waals surface area contributed by atoms with Crippen molar-refractivity contribution in [2.75, 3.05) is 37.8 Å². The van der Waals surface area contributed by atoms with Crippen LogP contribution < -0.4 is 42.5 Å². The first-order valence-electron chi connectivity index (χ1n) is 27.1. The summed E-state index contributed by atoms with van der Waals surface area (Å²) in [6.07, 6.45) is 7.75. The highest BCUT2D eigenvalue weighted by Gasteiger charge is 2.48. The summed E-state index contributed by atoms with van der Waals surface area (Å²) in [6.45, 7) is 14.4. The minimum atomic E-state index is -1.00. The van der Waals surface area contributed by atoms with E-state index < -0.39 is 94.6 Å². The number of likely N-dealkylation sites (tertiary alicyclic amines) is 2. The van der Waals surface area contributed by atoms with Crippen molar-refractivity contribution in [3.05, 3.63) is 94.0 Å². The monoisotopic (exact) mass is 1040 g/mol. The molecule has 2 aliphatic carbocycles. The van der Waals surface area contributed by atoms with Gasteiger partial charge in [0.1, 0.15) is 24.2 Å². The summed E-state index contributed by atoms with van der Waals surface area (Å²) in [5.74, 6) is -3.54. The number of rotatable bonds is 16. The van der Waals surface area contributed by atoms with Crippen molar-refractivity contribution in [3.63, 3.8) is 0 Å². The Labute approximate surface area is 447 Å². The Morgan fingerprint density at radius 2 is 0.895 bits per heavy atom. The molecule has 2 heterocycles. The molecule has 0 saturated carbocycles. The molecule has 8 amide bonds. The fraction of sp³-hybridized carbons (Fsp3) is 0.552. The molecule has 0 aromatic heterocycles. The number of carbonyl (C=O) groups is 8. The van der Waals surface area contributed by atoms with Crippen LogP contribution in [0, 0.1) is 10.8 Å². The van der Waals surface area contributed by atoms with Crippen LogP contribution >= 0.6 is 0 Å². The van der Waals surface area contributed by atoms with Crippen LogP contribution in [-0.4, -0.2) is 133 Å². The summed E-state index contributed by atoms with van der Waals surface area (Å²) in [5.41, 5.74) is 4.71. The standard InChI is InChI=1S/C58H80N10O8/c1-33(59-9)49(69)65-47(57(3,4)5)55(75)67-31-39(29-45(67)53(73)63-43-26-16-20-35-18-11-13-24-41(35)43)61-51(71)37-22-15-23-38(28-37)52(72)62-40-30-46(54(74)64-44-27-17-21-36-19-12-14-25-42(36)44)68(32-40)56(76)48(58(6,7)8)66-50(70)34(2)60-10/h15-17,20-23,26-28,33-34,39-40,45-48,59-60H,11-14,18-19,24-25,29-32H2,1-10H3,(H,61,71)(H,62,72)(H,63,73)(H,64,74)(H,65,69)(H,66,70). The van der Waals surface area contributed by atoms with E-state index in [9.17, 15) is 38.4 Å². The maximum Gasteiger partial charge on any atom is 0.251 e. The van der Waals surface area contributed by atoms with E-state index >= 15 is 0 Å². The van der Waals surface area contributed by atoms with E-state index in [1.54, 1.807) is 46.1 Å². The quantitative estimate of drug-likeness (QED) is 0.101. The lowest BCUT2D eigenvalue weighted by molar-refractivity contribution is -0.143. The summed E-state index contributed by atoms with van der Waals surface area (Å²) < 4.78 is 0. The molecule has 410 valence electrons. The zero-order valence-electron chi connectivity index (χ0n) is 46.0. The molecule has 18 heteroatoms. The average Bonchev–Trinajstić information content (AvgIpc) is 4.03. The lowest BCUT2D eigenvalue weighted by atomic mass is 9.85. The van der Waals surface area contributed by atoms with Crippen molar-refractivity contribution in [1.29, 1.82) is 0 Å². The number of amides is 8. The van der Waals surface area contributed by atoms with E-state index in [1.807, 2.05) is 65.8 Å². The molecule has 2 fully saturated rings. The van der Waals surface area contributed by atoms with Gasteiger partial charge in [0.25, 0.3) is 11.8 Å². The smallest absolute Gasteiger partial charge is 0.251 e. The molecule has 2 aliphatic heterocycles. The molecule has 0 spiro atoms. The van der Waals surface area contributed by atoms with Crippen LogP contribution in [0.3, 0.4) is 0 Å². The topological polar surface area (TPSA) is 239 Å². The summed E-state index contributed by atoms with van der Waals surface area (Å²) in [4.78, 5) is 116. The van der Waals surface area contributed by atoms with Gasteiger partial charge in [0, 0.05) is 47.7 Å². The first kappa shape index (κ1) is 57.1. The molecule has 0 radical (unpaired) electrons. The first-order chi connectivity index (χ1) is 36.0. The van der Waals surface area contributed by atoms with Crippen molar-refractivity contribution in [1.82, 2.24) is 41.7 Å². The normalized spacial score (nSPS) is 20.9. The zero-order valence-corrected chi connectivity index (χ0v) is 46.0. The molecule has 3 aromatic carbocycles. The maximum atomic E-state index is 14.7. The summed E-state index contributed by atoms with van der Waals surface area (Å²) in [6, 6.07) is 11.3. The maximum absolute atomic E-state index is 14.7. The second-order valence-corrected chi connectivity index (χ2v) is 23.3. The Morgan fingerprint density at radius 3 is 1.26 bits per heavy atom. The molecule has 7 rings (SSSR count). The van der Waals surface area contributed by atoms with E-state index in [0.717, 1.165) is 62.5 Å². The van der Waals surface area contributed by atoms with E-state index in [4.69, 9.17) is 0 Å². The van der Waals surface area contributed by atoms with Crippen molar-refractivity contribution < 1.29 is 38.4 Å². The average molecular weight is 1050 g/mol. The van der Waals surface area contributed by atoms with Crippen molar-refractivity contribution in [2.24, 2.45) is 10.8 Å². The number of benzene rings is 3. The van der Waals surface area contributed by atoms with Gasteiger partial charge in [0.15, 0.2) is 0 Å². The predicted molar refractivity (Wildman–Crippen MR) is 292 cm³/mol. The van der Waals surface area contributed by atoms with Crippen LogP contribution in [0.1, 0.15) is 137 Å². The number of hydrogen-bond donors (Lipinski definition) is 8. The van der Waals surface area contributed by atoms with Gasteiger partial charge < -0.3 is 52.3 Å². The minimum Gasteiger partial charge on any atom is -0.347 e. The van der Waals surface area contributed by atoms with Gasteiger partial charge in [-0.25, -0.2) is 0 Å². The van der Waals surface area contributed by atoms with Gasteiger partial charge >= 0.3 is 0 Å². The number of nitrogens with zero attached hydrogens (tertiary/aromatic N) is 2. The molecular formula is C58H80N10O8. The fourth-order valence-corrected chi connectivity index (χ4v) is 10.9. The second-order valence-electron chi connectivity index (χ2n) is 23.3. The molecule has 8 N–H and O–H groups in total. The molecule has 8 atom stereocenters. The van der Waals surface area contributed by atoms with E-state index in [0.29, 0.717) is 11.4 Å². The molecule has 0 bridgehead atoms. The summed E-state index contributed by atoms with van der Waals surface area (Å²) in [7, 11) is 3.30. The van der Waals surface area contributed by atoms with Gasteiger partial charge in [-0.1, -0.05) is 71.9 Å². The van der Waals surface area contributed by atoms with Gasteiger partial charge in [-0.15, -0.1) is 0 Å². The third kappa shape index (κ3) is 13.3. The highest BCUT2D eigenvalue weighted by Crippen LogP contribution is 2.33. The van der Waals surface area contributed by atoms with Crippen molar-refractivity contribution >= 4 is 58.6 Å². The first-order valence-corrected chi connectivity index (χ1v) is 27.1. The van der Waals surface area contributed by atoms with Crippen molar-refractivity contribution in [3.8, 4) is 0 Å². The molecule has 2 saturated heterocycles. The molecule has 76 heavy (non-hydrogen) atoms. The van der Waals surface area contributed by atoms with Gasteiger partial charge in [-0.3, -0.25) is 38.4 Å². The lowest BCUT2D eigenvalue weighted by Gasteiger charge is -2.36. The number of likely N-dealkylation sites (N-methyl/N-ethyl adjacent to an activating group) is 2. The summed E-state index contributed by atoms with van der Waals surface area (Å²) >= 11 is 0. The van der Waals surface area contributed by atoms with E-state index in [-0.39, 0.29) is 48.9 Å². The highest BCUT2D eigenvalue weighted by molar-refractivity contribution is 6.03. The van der Waals surface area contributed by atoms with Gasteiger partial charge in [0.2, 0.25) is 35.4 Å². The predicted octanol–water partition coefficient (Wildman–Crippen LogP) is 4.40. The number of fused-ring (bicyclic) bond motifs is 2. The number of aryl methyl sites for hydroxylation is 2. The third-order valence-electron chi connectivity index (χ3n) is 15.6. The number of nitrogens with one attached hydrogen (secondary N) is 8. The molecule has 3 aromatic rings. The SMILES string of the molecule is CNC(C)C(=O)NC(C(=O)N1CC(NC(=O)c2cccc(C(=O)NC3CC(C(=O)Nc4cccc5c4CCCC5)N(C(=O)C(NC(=O)C(C)NC)C(C)(C)C)C3)c2)CC1C(=O)Nc1cccc2c1CCCC2)C(C)(C)C. The molecular weight excluding hydrogens is 965 g/mol. The number of anilines is 2. The van der Waals surface area contributed by atoms with Gasteiger partial charge in [-0.2, -0.15) is 0 Å². The Kier molecular flexibility index (Phi) is 18.1. The lowest BCUT2D eigenvalue weighted by Crippen LogP contribution is -2.59. The van der Waals surface area contributed by atoms with Gasteiger partial charge in [0.05, 0.1) is 12.1 Å². The molecule has 8 unspecified atom stereocenters. The molecule has 4 aliphatic rings.